The van der Waals surface area contributed by atoms with Crippen LogP contribution >= 0.6 is 0 Å². The summed E-state index contributed by atoms with van der Waals surface area (Å²) in [4.78, 5) is 12.9. The van der Waals surface area contributed by atoms with Crippen LogP contribution in [0.3, 0.4) is 0 Å². The van der Waals surface area contributed by atoms with E-state index in [2.05, 4.69) is 104 Å². The van der Waals surface area contributed by atoms with Gasteiger partial charge in [-0.1, -0.05) is 201 Å². The van der Waals surface area contributed by atoms with E-state index in [0.717, 1.165) is 89.9 Å². The number of carbonyl (C=O) groups excluding carboxylic acids is 1. The average Bonchev–Trinajstić information content (AvgIpc) is 3.29. The van der Waals surface area contributed by atoms with Gasteiger partial charge >= 0.3 is 0 Å². The number of allylic oxidation sites excluding steroid dienone is 15. The number of amides is 1. The van der Waals surface area contributed by atoms with Crippen molar-refractivity contribution in [2.45, 2.75) is 230 Å². The minimum Gasteiger partial charge on any atom is -0.394 e. The number of rotatable bonds is 41. The van der Waals surface area contributed by atoms with E-state index in [-0.39, 0.29) is 12.5 Å². The number of hydrogen-bond acceptors (Lipinski definition) is 8. The molecule has 64 heavy (non-hydrogen) atoms. The zero-order chi connectivity index (χ0) is 46.6. The lowest BCUT2D eigenvalue weighted by atomic mass is 9.99. The van der Waals surface area contributed by atoms with Crippen LogP contribution in [0.1, 0.15) is 187 Å². The van der Waals surface area contributed by atoms with Crippen LogP contribution < -0.4 is 5.32 Å². The van der Waals surface area contributed by atoms with Crippen LogP contribution in [0.5, 0.6) is 0 Å². The van der Waals surface area contributed by atoms with Gasteiger partial charge in [0.15, 0.2) is 6.29 Å². The molecule has 0 aromatic heterocycles. The molecule has 366 valence electrons. The van der Waals surface area contributed by atoms with E-state index >= 15 is 0 Å². The van der Waals surface area contributed by atoms with Crippen molar-refractivity contribution < 1.29 is 39.8 Å². The van der Waals surface area contributed by atoms with Gasteiger partial charge in [0.1, 0.15) is 24.4 Å². The molecule has 7 unspecified atom stereocenters. The largest absolute Gasteiger partial charge is 0.394 e. The maximum absolute atomic E-state index is 12.9. The van der Waals surface area contributed by atoms with Gasteiger partial charge in [-0.3, -0.25) is 4.79 Å². The summed E-state index contributed by atoms with van der Waals surface area (Å²) in [6.07, 6.45) is 56.3. The molecule has 1 fully saturated rings. The minimum absolute atomic E-state index is 0.189. The number of carbonyl (C=O) groups is 1. The second-order valence-corrected chi connectivity index (χ2v) is 17.2. The smallest absolute Gasteiger partial charge is 0.220 e. The summed E-state index contributed by atoms with van der Waals surface area (Å²) in [6, 6.07) is -0.809. The molecule has 1 aliphatic rings. The lowest BCUT2D eigenvalue weighted by molar-refractivity contribution is -0.302. The van der Waals surface area contributed by atoms with E-state index in [1.165, 1.54) is 77.0 Å². The van der Waals surface area contributed by atoms with Gasteiger partial charge in [0.25, 0.3) is 0 Å². The number of ether oxygens (including phenoxy) is 2. The van der Waals surface area contributed by atoms with E-state index in [0.29, 0.717) is 6.42 Å². The summed E-state index contributed by atoms with van der Waals surface area (Å²) in [6.45, 7) is 3.59. The van der Waals surface area contributed by atoms with Crippen molar-refractivity contribution in [1.82, 2.24) is 5.32 Å². The van der Waals surface area contributed by atoms with Gasteiger partial charge in [0, 0.05) is 6.42 Å². The predicted molar refractivity (Wildman–Crippen MR) is 267 cm³/mol. The van der Waals surface area contributed by atoms with Gasteiger partial charge in [0.05, 0.1) is 25.4 Å². The lowest BCUT2D eigenvalue weighted by Crippen LogP contribution is -2.60. The van der Waals surface area contributed by atoms with E-state index in [1.807, 2.05) is 6.08 Å². The van der Waals surface area contributed by atoms with Gasteiger partial charge < -0.3 is 40.3 Å². The Morgan fingerprint density at radius 2 is 0.969 bits per heavy atom. The second-order valence-electron chi connectivity index (χ2n) is 17.2. The molecule has 9 heteroatoms. The third-order valence-electron chi connectivity index (χ3n) is 11.4. The van der Waals surface area contributed by atoms with E-state index in [9.17, 15) is 30.3 Å². The molecule has 0 radical (unpaired) electrons. The lowest BCUT2D eigenvalue weighted by Gasteiger charge is -2.40. The zero-order valence-corrected chi connectivity index (χ0v) is 40.2. The normalized spacial score (nSPS) is 20.9. The van der Waals surface area contributed by atoms with Crippen molar-refractivity contribution in [3.05, 3.63) is 97.2 Å². The Balaban J connectivity index is 2.14. The van der Waals surface area contributed by atoms with E-state index in [4.69, 9.17) is 9.47 Å². The monoisotopic (exact) mass is 896 g/mol. The number of aliphatic hydroxyl groups is 5. The third kappa shape index (κ3) is 33.6. The molecule has 1 heterocycles. The van der Waals surface area contributed by atoms with Crippen molar-refractivity contribution in [2.24, 2.45) is 0 Å². The SMILES string of the molecule is CC/C=C\C/C=C\C/C=C\C/C=C\C/C=C\C/C=C\C/C=C\CCCCCCCCCCCCCC(=O)NC(COC1OC(CO)C(O)C(O)C1O)C(O)/C=C/CCCCCCCC. The third-order valence-corrected chi connectivity index (χ3v) is 11.4. The highest BCUT2D eigenvalue weighted by atomic mass is 16.7. The summed E-state index contributed by atoms with van der Waals surface area (Å²) in [5, 5.41) is 54.0. The fourth-order valence-corrected chi connectivity index (χ4v) is 7.37. The highest BCUT2D eigenvalue weighted by Crippen LogP contribution is 2.22. The minimum atomic E-state index is -1.57. The van der Waals surface area contributed by atoms with Gasteiger partial charge in [-0.25, -0.2) is 0 Å². The summed E-state index contributed by atoms with van der Waals surface area (Å²) in [5.74, 6) is -0.189. The maximum Gasteiger partial charge on any atom is 0.220 e. The van der Waals surface area contributed by atoms with Crippen LogP contribution in [-0.4, -0.2) is 87.5 Å². The number of unbranched alkanes of at least 4 members (excludes halogenated alkanes) is 17. The van der Waals surface area contributed by atoms with Crippen LogP contribution in [0.2, 0.25) is 0 Å². The molecular weight excluding hydrogens is 803 g/mol. The van der Waals surface area contributed by atoms with Crippen molar-refractivity contribution in [2.75, 3.05) is 13.2 Å². The molecule has 1 saturated heterocycles. The number of nitrogens with one attached hydrogen (secondary N) is 1. The zero-order valence-electron chi connectivity index (χ0n) is 40.2. The molecule has 1 aliphatic heterocycles. The Labute approximate surface area is 390 Å². The van der Waals surface area contributed by atoms with E-state index < -0.39 is 49.5 Å². The van der Waals surface area contributed by atoms with Crippen LogP contribution in [0.15, 0.2) is 97.2 Å². The first-order valence-corrected chi connectivity index (χ1v) is 25.5. The topological polar surface area (TPSA) is 149 Å². The van der Waals surface area contributed by atoms with Crippen LogP contribution in [0, 0.1) is 0 Å². The molecule has 1 amide bonds. The first kappa shape index (κ1) is 59.1. The molecule has 0 aromatic rings. The predicted octanol–water partition coefficient (Wildman–Crippen LogP) is 11.7. The quantitative estimate of drug-likeness (QED) is 0.0262. The highest BCUT2D eigenvalue weighted by molar-refractivity contribution is 5.76. The van der Waals surface area contributed by atoms with Gasteiger partial charge in [-0.15, -0.1) is 0 Å². The summed E-state index contributed by atoms with van der Waals surface area (Å²) in [7, 11) is 0. The van der Waals surface area contributed by atoms with Crippen LogP contribution in [0.4, 0.5) is 0 Å². The molecule has 0 saturated carbocycles. The first-order chi connectivity index (χ1) is 31.3. The summed E-state index contributed by atoms with van der Waals surface area (Å²) in [5.41, 5.74) is 0. The Bertz CT molecular complexity index is 1320. The van der Waals surface area contributed by atoms with Crippen LogP contribution in [-0.2, 0) is 14.3 Å². The molecule has 7 atom stereocenters. The van der Waals surface area contributed by atoms with Crippen molar-refractivity contribution >= 4 is 5.91 Å². The van der Waals surface area contributed by atoms with Gasteiger partial charge in [-0.05, 0) is 77.0 Å². The molecule has 0 aliphatic carbocycles. The van der Waals surface area contributed by atoms with Crippen molar-refractivity contribution in [3.8, 4) is 0 Å². The summed E-state index contributed by atoms with van der Waals surface area (Å²) >= 11 is 0. The Morgan fingerprint density at radius 1 is 0.547 bits per heavy atom. The molecule has 6 N–H and O–H groups in total. The van der Waals surface area contributed by atoms with Crippen molar-refractivity contribution in [1.29, 1.82) is 0 Å². The number of hydrogen-bond donors (Lipinski definition) is 6. The molecule has 0 spiro atoms. The summed E-state index contributed by atoms with van der Waals surface area (Å²) < 4.78 is 11.2. The van der Waals surface area contributed by atoms with Crippen LogP contribution in [0.25, 0.3) is 0 Å². The Kier molecular flexibility index (Phi) is 40.6. The van der Waals surface area contributed by atoms with E-state index in [1.54, 1.807) is 6.08 Å². The fourth-order valence-electron chi connectivity index (χ4n) is 7.37. The molecular formula is C55H93NO8. The molecule has 9 nitrogen and oxygen atoms in total. The molecule has 0 bridgehead atoms. The van der Waals surface area contributed by atoms with Crippen molar-refractivity contribution in [3.63, 3.8) is 0 Å². The van der Waals surface area contributed by atoms with Gasteiger partial charge in [-0.2, -0.15) is 0 Å². The Morgan fingerprint density at radius 3 is 1.44 bits per heavy atom. The first-order valence-electron chi connectivity index (χ1n) is 25.5. The highest BCUT2D eigenvalue weighted by Gasteiger charge is 2.44. The standard InChI is InChI=1S/C55H93NO8/c1-3-5-7-9-11-13-14-15-16-17-18-19-20-21-22-23-24-25-26-27-28-29-30-31-32-33-34-35-36-37-39-41-43-45-51(59)56-48(49(58)44-42-40-38-12-10-8-6-4-2)47-63-55-54(62)53(61)52(60)50(46-57)64-55/h5,7,11,13,15-16,18-19,21-22,24-25,27-28,42,44,48-50,52-55,57-58,60-62H,3-4,6,8-10,12,14,17,20,23,26,29-41,43,45-47H2,1-2H3,(H,56,59)/b7-5-,13-11-,16-15-,19-18-,22-21-,25-24-,28-27-,44-42+. The second kappa shape index (κ2) is 44.0. The Hall–Kier alpha value is -2.89. The number of aliphatic hydroxyl groups excluding tert-OH is 5. The average molecular weight is 896 g/mol. The van der Waals surface area contributed by atoms with Gasteiger partial charge in [0.2, 0.25) is 5.91 Å². The molecule has 1 rings (SSSR count). The maximum atomic E-state index is 12.9. The fraction of sp³-hybridized carbons (Fsp3) is 0.691. The molecule has 0 aromatic carbocycles.